The largest absolute Gasteiger partial charge is 0.338 e. The van der Waals surface area contributed by atoms with Gasteiger partial charge in [0.2, 0.25) is 5.52 Å². The normalized spacial score (nSPS) is 14.6. The van der Waals surface area contributed by atoms with Crippen LogP contribution in [-0.2, 0) is 6.54 Å². The van der Waals surface area contributed by atoms with Crippen LogP contribution in [0.15, 0.2) is 70.7 Å². The number of hydrogen-bond acceptors (Lipinski definition) is 2. The first-order valence-electron chi connectivity index (χ1n) is 11.0. The van der Waals surface area contributed by atoms with Crippen LogP contribution in [0, 0.1) is 0 Å². The first kappa shape index (κ1) is 21.7. The minimum Gasteiger partial charge on any atom is -0.338 e. The van der Waals surface area contributed by atoms with Gasteiger partial charge in [0.1, 0.15) is 6.54 Å². The number of alkyl halides is 1. The minimum absolute atomic E-state index is 1.10. The first-order valence-corrected chi connectivity index (χ1v) is 13.3. The summed E-state index contributed by atoms with van der Waals surface area (Å²) in [6.07, 6.45) is 12.7. The molecule has 4 heteroatoms. The Morgan fingerprint density at radius 1 is 0.900 bits per heavy atom. The Kier molecular flexibility index (Phi) is 7.72. The molecule has 1 aromatic heterocycles. The van der Waals surface area contributed by atoms with Gasteiger partial charge in [0, 0.05) is 30.5 Å². The molecule has 1 aliphatic rings. The van der Waals surface area contributed by atoms with E-state index in [4.69, 9.17) is 0 Å². The Balaban J connectivity index is 1.49. The van der Waals surface area contributed by atoms with Crippen molar-refractivity contribution in [2.75, 3.05) is 16.4 Å². The summed E-state index contributed by atoms with van der Waals surface area (Å²) in [5.41, 5.74) is 3.92. The van der Waals surface area contributed by atoms with Crippen LogP contribution >= 0.6 is 34.4 Å². The molecule has 0 N–H and O–H groups in total. The van der Waals surface area contributed by atoms with Crippen LogP contribution in [0.2, 0.25) is 0 Å². The van der Waals surface area contributed by atoms with Gasteiger partial charge in [-0.05, 0) is 47.1 Å². The summed E-state index contributed by atoms with van der Waals surface area (Å²) in [7, 11) is 2.16. The second kappa shape index (κ2) is 10.7. The van der Waals surface area contributed by atoms with Crippen molar-refractivity contribution >= 4 is 57.0 Å². The molecular weight excluding hydrogens is 499 g/mol. The van der Waals surface area contributed by atoms with Crippen molar-refractivity contribution in [3.63, 3.8) is 0 Å². The lowest BCUT2D eigenvalue weighted by molar-refractivity contribution is -0.671. The van der Waals surface area contributed by atoms with E-state index in [1.807, 2.05) is 11.8 Å². The number of anilines is 1. The first-order chi connectivity index (χ1) is 14.8. The number of halogens is 1. The third-order valence-electron chi connectivity index (χ3n) is 5.79. The maximum Gasteiger partial charge on any atom is 0.213 e. The molecule has 0 saturated heterocycles. The molecule has 0 unspecified atom stereocenters. The second-order valence-corrected chi connectivity index (χ2v) is 10.0. The molecule has 4 rings (SSSR count). The molecule has 0 amide bonds. The summed E-state index contributed by atoms with van der Waals surface area (Å²) < 4.78 is 3.73. The fourth-order valence-corrected chi connectivity index (χ4v) is 5.73. The van der Waals surface area contributed by atoms with E-state index >= 15 is 0 Å². The van der Waals surface area contributed by atoms with Gasteiger partial charge in [-0.25, -0.2) is 0 Å². The third kappa shape index (κ3) is 5.02. The van der Waals surface area contributed by atoms with Gasteiger partial charge in [0.25, 0.3) is 0 Å². The molecule has 0 fully saturated rings. The molecule has 2 aromatic carbocycles. The Bertz CT molecular complexity index is 1030. The topological polar surface area (TPSA) is 7.12 Å². The molecule has 0 atom stereocenters. The molecule has 156 valence electrons. The highest BCUT2D eigenvalue weighted by Gasteiger charge is 2.22. The number of unbranched alkanes of at least 4 members (excludes halogenated alkanes) is 5. The summed E-state index contributed by atoms with van der Waals surface area (Å²) in [6.45, 7) is 1.10. The molecule has 2 nitrogen and oxygen atoms in total. The van der Waals surface area contributed by atoms with Crippen LogP contribution in [0.3, 0.4) is 0 Å². The summed E-state index contributed by atoms with van der Waals surface area (Å²) in [5.74, 6) is 0. The van der Waals surface area contributed by atoms with Crippen molar-refractivity contribution < 1.29 is 4.57 Å². The lowest BCUT2D eigenvalue weighted by Crippen LogP contribution is -2.34. The fraction of sp³-hybridized carbons (Fsp3) is 0.346. The van der Waals surface area contributed by atoms with Crippen LogP contribution in [0.25, 0.3) is 17.0 Å². The van der Waals surface area contributed by atoms with Gasteiger partial charge < -0.3 is 4.90 Å². The quantitative estimate of drug-likeness (QED) is 0.123. The molecule has 0 spiro atoms. The Morgan fingerprint density at radius 3 is 2.47 bits per heavy atom. The third-order valence-corrected chi connectivity index (χ3v) is 7.72. The van der Waals surface area contributed by atoms with Crippen molar-refractivity contribution in [3.8, 4) is 0 Å². The minimum atomic E-state index is 1.10. The van der Waals surface area contributed by atoms with E-state index in [1.165, 1.54) is 75.0 Å². The van der Waals surface area contributed by atoms with Crippen LogP contribution in [0.4, 0.5) is 5.69 Å². The molecule has 0 radical (unpaired) electrons. The highest BCUT2D eigenvalue weighted by Crippen LogP contribution is 2.45. The number of hydrogen-bond donors (Lipinski definition) is 0. The van der Waals surface area contributed by atoms with E-state index in [-0.39, 0.29) is 0 Å². The Hall–Kier alpha value is -1.53. The van der Waals surface area contributed by atoms with E-state index in [2.05, 4.69) is 106 Å². The van der Waals surface area contributed by atoms with Crippen LogP contribution in [-0.4, -0.2) is 11.5 Å². The van der Waals surface area contributed by atoms with Gasteiger partial charge in [-0.1, -0.05) is 77.9 Å². The van der Waals surface area contributed by atoms with Gasteiger partial charge in [0.15, 0.2) is 6.20 Å². The van der Waals surface area contributed by atoms with E-state index in [0.29, 0.717) is 0 Å². The standard InChI is InChI=1S/C26H30IN2S/c1-28-24-14-8-9-15-25(24)30-26(28)20-21-16-19-29(23-13-7-6-12-22(21)23)18-11-5-3-2-4-10-17-27/h6-9,12-16,19-20H,2-5,10-11,17-18H2,1H3/q+1. The lowest BCUT2D eigenvalue weighted by atomic mass is 10.1. The number of aryl methyl sites for hydroxylation is 1. The number of rotatable bonds is 9. The maximum absolute atomic E-state index is 2.48. The van der Waals surface area contributed by atoms with Gasteiger partial charge in [-0.2, -0.15) is 4.57 Å². The van der Waals surface area contributed by atoms with Gasteiger partial charge in [0.05, 0.1) is 16.1 Å². The summed E-state index contributed by atoms with van der Waals surface area (Å²) >= 11 is 4.34. The Labute approximate surface area is 198 Å². The lowest BCUT2D eigenvalue weighted by Gasteiger charge is -2.13. The fourth-order valence-electron chi connectivity index (χ4n) is 4.09. The van der Waals surface area contributed by atoms with E-state index in [0.717, 1.165) is 6.54 Å². The number of para-hydroxylation sites is 2. The predicted molar refractivity (Wildman–Crippen MR) is 139 cm³/mol. The molecular formula is C26H30IN2S+. The smallest absolute Gasteiger partial charge is 0.213 e. The van der Waals surface area contributed by atoms with Crippen molar-refractivity contribution in [2.24, 2.45) is 0 Å². The van der Waals surface area contributed by atoms with Crippen molar-refractivity contribution in [1.82, 2.24) is 0 Å². The molecule has 3 aromatic rings. The van der Waals surface area contributed by atoms with Crippen LogP contribution in [0.5, 0.6) is 0 Å². The number of pyridine rings is 1. The molecule has 2 heterocycles. The number of aromatic nitrogens is 1. The molecule has 0 bridgehead atoms. The van der Waals surface area contributed by atoms with Crippen LogP contribution in [0.1, 0.15) is 44.1 Å². The highest BCUT2D eigenvalue weighted by atomic mass is 127. The zero-order valence-corrected chi connectivity index (χ0v) is 20.7. The summed E-state index contributed by atoms with van der Waals surface area (Å²) in [4.78, 5) is 3.63. The number of fused-ring (bicyclic) bond motifs is 2. The van der Waals surface area contributed by atoms with Crippen molar-refractivity contribution in [3.05, 3.63) is 71.4 Å². The zero-order valence-electron chi connectivity index (χ0n) is 17.7. The number of thioether (sulfide) groups is 1. The SMILES string of the molecule is CN1/C(=C/c2cc[n+](CCCCCCCCI)c3ccccc23)Sc2ccccc21. The molecule has 30 heavy (non-hydrogen) atoms. The van der Waals surface area contributed by atoms with Gasteiger partial charge >= 0.3 is 0 Å². The second-order valence-electron chi connectivity index (χ2n) is 7.90. The van der Waals surface area contributed by atoms with Gasteiger partial charge in [-0.3, -0.25) is 0 Å². The molecule has 0 saturated carbocycles. The predicted octanol–water partition coefficient (Wildman–Crippen LogP) is 7.44. The average Bonchev–Trinajstić information content (AvgIpc) is 3.10. The summed E-state index contributed by atoms with van der Waals surface area (Å²) in [6, 6.07) is 19.8. The maximum atomic E-state index is 2.48. The summed E-state index contributed by atoms with van der Waals surface area (Å²) in [5, 5.41) is 2.62. The van der Waals surface area contributed by atoms with E-state index < -0.39 is 0 Å². The number of benzene rings is 2. The number of nitrogens with zero attached hydrogens (tertiary/aromatic N) is 2. The van der Waals surface area contributed by atoms with E-state index in [9.17, 15) is 0 Å². The zero-order chi connectivity index (χ0) is 20.8. The van der Waals surface area contributed by atoms with Gasteiger partial charge in [-0.15, -0.1) is 0 Å². The highest BCUT2D eigenvalue weighted by molar-refractivity contribution is 14.1. The van der Waals surface area contributed by atoms with Crippen molar-refractivity contribution in [2.45, 2.75) is 50.0 Å². The van der Waals surface area contributed by atoms with E-state index in [1.54, 1.807) is 0 Å². The molecule has 0 aliphatic carbocycles. The van der Waals surface area contributed by atoms with Crippen molar-refractivity contribution in [1.29, 1.82) is 0 Å². The average molecular weight is 530 g/mol. The monoisotopic (exact) mass is 529 g/mol. The Morgan fingerprint density at radius 2 is 1.63 bits per heavy atom. The van der Waals surface area contributed by atoms with Crippen LogP contribution < -0.4 is 9.47 Å². The molecule has 1 aliphatic heterocycles.